The van der Waals surface area contributed by atoms with Crippen molar-refractivity contribution in [2.24, 2.45) is 11.8 Å². The highest BCUT2D eigenvalue weighted by Gasteiger charge is 2.52. The van der Waals surface area contributed by atoms with Crippen molar-refractivity contribution in [1.82, 2.24) is 29.7 Å². The number of halogens is 7. The first-order valence-electron chi connectivity index (χ1n) is 38.6. The van der Waals surface area contributed by atoms with Crippen LogP contribution in [0.2, 0.25) is 15.1 Å². The molecule has 6 aromatic rings. The van der Waals surface area contributed by atoms with Crippen molar-refractivity contribution in [3.05, 3.63) is 111 Å². The van der Waals surface area contributed by atoms with E-state index in [4.69, 9.17) is 73.8 Å². The number of hydrogen-bond donors (Lipinski definition) is 4. The molecule has 13 rings (SSSR count). The molecule has 7 aliphatic rings. The second kappa shape index (κ2) is 43.2. The molecular weight excluding hydrogens is 1590 g/mol. The van der Waals surface area contributed by atoms with Crippen molar-refractivity contribution in [3.8, 4) is 11.1 Å². The molecule has 28 nitrogen and oxygen atoms in total. The summed E-state index contributed by atoms with van der Waals surface area (Å²) in [7, 11) is 2.87. The standard InChI is InChI=1S/C26H35N5O3.C20H28BF3N2O3.C12H16ClN3O2.C11H14ClN3O2.C9H12ClN3O.C2H3ClO/c1-5-20-8-9-31(17-20)26(33)27-22-7-6-18(2)23(16-22)21-14-24(29(4)19(3)32)28-25(15-21)30-10-12-34-13-11-30;1-13-6-7-15(10-16(13)21-28-18(2,3)19(4,5)29-21)25-17(27)26-9-8-14(12-26)11-20(22,23)24;1-9(17)15(2)11-7-10(13)8-12(14-11)16-3-5-18-6-4-16;1-8(16)13-10-6-9(12)7-11(14-10)15-2-4-17-5-3-15;10-7-5-8(11)12-9(6-7)13-1-3-14-4-2-13;1-2(3)4/h6-7,14-16,20H,5,8-13,17H2,1-4H3,(H,27,33);6-7,10,14H,8-9,11-12H2,1-5H3,(H,25,27);7-8H,3-6H2,1-2H3;6-7H,2-5H2,1H3,(H,13,14,16);5-6H,1-4H2,(H2,11,12);1H3/t20-;14-;;;;/m10..../s1. The number of rotatable bonds is 13. The van der Waals surface area contributed by atoms with Crippen molar-refractivity contribution in [2.45, 2.75) is 119 Å². The van der Waals surface area contributed by atoms with Crippen LogP contribution in [0.4, 0.5) is 80.7 Å². The van der Waals surface area contributed by atoms with E-state index in [2.05, 4.69) is 82.0 Å². The number of carbonyl (C=O) groups excluding carboxylic acids is 6. The van der Waals surface area contributed by atoms with Gasteiger partial charge in [-0.2, -0.15) is 13.2 Å². The second-order valence-corrected chi connectivity index (χ2v) is 31.7. The van der Waals surface area contributed by atoms with Crippen LogP contribution in [0.5, 0.6) is 0 Å². The van der Waals surface area contributed by atoms with Crippen LogP contribution < -0.4 is 56.5 Å². The van der Waals surface area contributed by atoms with Crippen molar-refractivity contribution >= 4 is 152 Å². The highest BCUT2D eigenvalue weighted by atomic mass is 35.5. The number of alkyl halides is 3. The van der Waals surface area contributed by atoms with Gasteiger partial charge in [0.15, 0.2) is 0 Å². The third-order valence-electron chi connectivity index (χ3n) is 20.5. The van der Waals surface area contributed by atoms with E-state index >= 15 is 0 Å². The molecule has 0 radical (unpaired) electrons. The Balaban J connectivity index is 0.000000185. The van der Waals surface area contributed by atoms with Crippen molar-refractivity contribution in [3.63, 3.8) is 0 Å². The largest absolute Gasteiger partial charge is 0.495 e. The zero-order valence-corrected chi connectivity index (χ0v) is 71.3. The summed E-state index contributed by atoms with van der Waals surface area (Å²) in [5.41, 5.74) is 10.8. The van der Waals surface area contributed by atoms with E-state index in [0.29, 0.717) is 103 Å². The third kappa shape index (κ3) is 28.3. The maximum atomic E-state index is 12.8. The molecule has 0 aliphatic carbocycles. The van der Waals surface area contributed by atoms with Gasteiger partial charge in [-0.3, -0.25) is 19.2 Å². The van der Waals surface area contributed by atoms with Gasteiger partial charge < -0.3 is 89.1 Å². The quantitative estimate of drug-likeness (QED) is 0.0617. The molecule has 36 heteroatoms. The number of anilines is 10. The van der Waals surface area contributed by atoms with Crippen LogP contribution in [-0.4, -0.2) is 235 Å². The topological polar surface area (TPSA) is 297 Å². The molecule has 7 fully saturated rings. The molecule has 116 heavy (non-hydrogen) atoms. The third-order valence-corrected chi connectivity index (χ3v) is 21.1. The molecule has 2 atom stereocenters. The van der Waals surface area contributed by atoms with Gasteiger partial charge in [-0.15, -0.1) is 0 Å². The number of likely N-dealkylation sites (tertiary alicyclic amines) is 2. The molecule has 7 saturated heterocycles. The molecule has 632 valence electrons. The van der Waals surface area contributed by atoms with E-state index in [-0.39, 0.29) is 35.5 Å². The lowest BCUT2D eigenvalue weighted by Crippen LogP contribution is -2.41. The fourth-order valence-electron chi connectivity index (χ4n) is 13.1. The molecular formula is C80H108BCl4F3N16O12. The SMILES string of the molecule is CC(=O)Cl.CC(=O)N(C)c1cc(Cl)cc(N2CCOCC2)n1.CC(=O)Nc1cc(Cl)cc(N2CCOCC2)n1.CC[C@@H]1CCN(C(=O)Nc2ccc(C)c(-c3cc(N4CCOCC4)nc(N(C)C(C)=O)c3)c2)C1.Cc1ccc(NC(=O)N2CC[C@@H](CC(F)(F)F)C2)cc1B1OC(C)(C)C(C)(C)O1.Nc1cc(Cl)cc(N2CCOCC2)n1. The number of nitrogens with zero attached hydrogens (tertiary/aromatic N) is 12. The Bertz CT molecular complexity index is 4290. The van der Waals surface area contributed by atoms with Crippen LogP contribution >= 0.6 is 46.4 Å². The first kappa shape index (κ1) is 92.9. The van der Waals surface area contributed by atoms with Gasteiger partial charge in [0.2, 0.25) is 23.0 Å². The summed E-state index contributed by atoms with van der Waals surface area (Å²) in [5, 5.41) is 9.91. The molecule has 0 saturated carbocycles. The van der Waals surface area contributed by atoms with E-state index in [9.17, 15) is 41.9 Å². The highest BCUT2D eigenvalue weighted by Crippen LogP contribution is 2.39. The minimum absolute atomic E-state index is 0.0495. The Morgan fingerprint density at radius 2 is 0.931 bits per heavy atom. The smallest absolute Gasteiger partial charge is 0.399 e. The second-order valence-electron chi connectivity index (χ2n) is 29.9. The zero-order valence-electron chi connectivity index (χ0n) is 68.3. The average molecular weight is 1700 g/mol. The van der Waals surface area contributed by atoms with E-state index < -0.39 is 42.9 Å². The van der Waals surface area contributed by atoms with Gasteiger partial charge in [0.1, 0.15) is 46.5 Å². The van der Waals surface area contributed by atoms with Crippen LogP contribution in [0.15, 0.2) is 84.9 Å². The Kier molecular flexibility index (Phi) is 34.6. The molecule has 2 aromatic carbocycles. The van der Waals surface area contributed by atoms with Crippen LogP contribution in [0.3, 0.4) is 0 Å². The minimum Gasteiger partial charge on any atom is -0.399 e. The van der Waals surface area contributed by atoms with Gasteiger partial charge in [0.25, 0.3) is 0 Å². The van der Waals surface area contributed by atoms with Crippen LogP contribution in [-0.2, 0) is 47.4 Å². The maximum absolute atomic E-state index is 12.8. The molecule has 5 N–H and O–H groups in total. The number of benzene rings is 2. The Hall–Kier alpha value is -8.57. The molecule has 4 aromatic heterocycles. The minimum atomic E-state index is -4.20. The predicted molar refractivity (Wildman–Crippen MR) is 453 cm³/mol. The number of urea groups is 2. The normalized spacial score (nSPS) is 18.2. The van der Waals surface area contributed by atoms with Crippen molar-refractivity contribution in [2.75, 3.05) is 197 Å². The van der Waals surface area contributed by atoms with Gasteiger partial charge >= 0.3 is 25.4 Å². The number of pyridine rings is 4. The average Bonchev–Trinajstić information content (AvgIpc) is 1.58. The number of aryl methyl sites for hydroxylation is 2. The number of carbonyl (C=O) groups is 6. The fourth-order valence-corrected chi connectivity index (χ4v) is 13.7. The summed E-state index contributed by atoms with van der Waals surface area (Å²) in [4.78, 5) is 102. The lowest BCUT2D eigenvalue weighted by atomic mass is 9.76. The molecule has 0 unspecified atom stereocenters. The number of hydrogen-bond acceptors (Lipinski definition) is 21. The first-order chi connectivity index (χ1) is 54.8. The van der Waals surface area contributed by atoms with E-state index in [0.717, 1.165) is 148 Å². The van der Waals surface area contributed by atoms with Crippen LogP contribution in [0.25, 0.3) is 11.1 Å². The summed E-state index contributed by atoms with van der Waals surface area (Å²) in [6, 6.07) is 25.4. The lowest BCUT2D eigenvalue weighted by Gasteiger charge is -2.32. The molecule has 7 aliphatic heterocycles. The maximum Gasteiger partial charge on any atom is 0.495 e. The highest BCUT2D eigenvalue weighted by molar-refractivity contribution is 6.63. The number of aromatic nitrogens is 4. The van der Waals surface area contributed by atoms with Crippen LogP contribution in [0.1, 0.15) is 99.1 Å². The lowest BCUT2D eigenvalue weighted by molar-refractivity contribution is -0.143. The van der Waals surface area contributed by atoms with Crippen molar-refractivity contribution in [1.29, 1.82) is 0 Å². The number of nitrogen functional groups attached to an aromatic ring is 1. The summed E-state index contributed by atoms with van der Waals surface area (Å²) in [5.74, 6) is 5.05. The predicted octanol–water partition coefficient (Wildman–Crippen LogP) is 13.3. The fraction of sp³-hybridized carbons (Fsp3) is 0.525. The van der Waals surface area contributed by atoms with Gasteiger partial charge in [-0.05, 0) is 173 Å². The number of nitrogens with one attached hydrogen (secondary N) is 3. The number of amides is 7. The van der Waals surface area contributed by atoms with Gasteiger partial charge in [0.05, 0.1) is 64.1 Å². The van der Waals surface area contributed by atoms with Crippen LogP contribution in [0, 0.1) is 25.7 Å². The van der Waals surface area contributed by atoms with E-state index in [1.165, 1.54) is 37.5 Å². The number of ether oxygens (including phenoxy) is 4. The summed E-state index contributed by atoms with van der Waals surface area (Å²) >= 11 is 22.6. The molecule has 0 bridgehead atoms. The molecule has 0 spiro atoms. The monoisotopic (exact) mass is 1690 g/mol. The molecule has 7 amide bonds. The van der Waals surface area contributed by atoms with E-state index in [1.807, 2.05) is 82.0 Å². The van der Waals surface area contributed by atoms with Gasteiger partial charge in [-0.1, -0.05) is 65.8 Å². The molecule has 11 heterocycles. The van der Waals surface area contributed by atoms with Crippen molar-refractivity contribution < 1.29 is 70.2 Å². The Morgan fingerprint density at radius 1 is 0.534 bits per heavy atom. The summed E-state index contributed by atoms with van der Waals surface area (Å²) in [6.07, 6.45) is -2.53. The zero-order chi connectivity index (χ0) is 84.8. The van der Waals surface area contributed by atoms with Gasteiger partial charge in [-0.25, -0.2) is 29.5 Å². The van der Waals surface area contributed by atoms with Gasteiger partial charge in [0, 0.05) is 153 Å². The van der Waals surface area contributed by atoms with E-state index in [1.54, 1.807) is 55.4 Å². The summed E-state index contributed by atoms with van der Waals surface area (Å²) in [6.45, 7) is 33.7. The first-order valence-corrected chi connectivity index (χ1v) is 40.1. The number of morpholine rings is 4. The summed E-state index contributed by atoms with van der Waals surface area (Å²) < 4.78 is 71.3. The Labute approximate surface area is 697 Å². The Morgan fingerprint density at radius 3 is 1.36 bits per heavy atom. The number of nitrogens with two attached hydrogens (primary N) is 1.